The van der Waals surface area contributed by atoms with Gasteiger partial charge in [-0.05, 0) is 19.1 Å². The second-order valence-electron chi connectivity index (χ2n) is 3.12. The number of rotatable bonds is 2. The van der Waals surface area contributed by atoms with Crippen LogP contribution in [0.2, 0.25) is 0 Å². The Morgan fingerprint density at radius 1 is 1.13 bits per heavy atom. The van der Waals surface area contributed by atoms with Gasteiger partial charge in [0.25, 0.3) is 0 Å². The molecule has 76 valence electrons. The highest BCUT2D eigenvalue weighted by Gasteiger charge is 2.11. The minimum atomic E-state index is -0.616. The smallest absolute Gasteiger partial charge is 0.359 e. The van der Waals surface area contributed by atoms with Gasteiger partial charge in [-0.25, -0.2) is 4.79 Å². The van der Waals surface area contributed by atoms with Gasteiger partial charge in [0.05, 0.1) is 5.69 Å². The molecular formula is C10H7NO4. The molecule has 1 heterocycles. The minimum absolute atomic E-state index is 0.121. The van der Waals surface area contributed by atoms with Crippen LogP contribution in [0.4, 0.5) is 11.4 Å². The Morgan fingerprint density at radius 2 is 1.87 bits per heavy atom. The second kappa shape index (κ2) is 3.20. The quantitative estimate of drug-likeness (QED) is 0.713. The number of hydrogen-bond acceptors (Lipinski definition) is 5. The van der Waals surface area contributed by atoms with Crippen molar-refractivity contribution in [2.45, 2.75) is 6.92 Å². The van der Waals surface area contributed by atoms with E-state index in [4.69, 9.17) is 4.42 Å². The second-order valence-corrected chi connectivity index (χ2v) is 3.12. The van der Waals surface area contributed by atoms with Crippen LogP contribution >= 0.6 is 0 Å². The van der Waals surface area contributed by atoms with Crippen LogP contribution < -0.4 is 21.8 Å². The lowest BCUT2D eigenvalue weighted by molar-refractivity contribution is 0.483. The van der Waals surface area contributed by atoms with E-state index >= 15 is 0 Å². The fraction of sp³-hybridized carbons (Fsp3) is 0.100. The maximum Gasteiger partial charge on any atom is 0.359 e. The molecular weight excluding hydrogens is 198 g/mol. The van der Waals surface area contributed by atoms with Crippen molar-refractivity contribution < 1.29 is 4.42 Å². The highest BCUT2D eigenvalue weighted by molar-refractivity contribution is 5.60. The summed E-state index contributed by atoms with van der Waals surface area (Å²) in [4.78, 5) is 32.8. The van der Waals surface area contributed by atoms with Crippen LogP contribution in [0.15, 0.2) is 37.0 Å². The molecule has 2 aromatic rings. The molecule has 0 amide bonds. The molecule has 5 nitrogen and oxygen atoms in total. The summed E-state index contributed by atoms with van der Waals surface area (Å²) in [5, 5.41) is 2.54. The molecule has 0 radical (unpaired) electrons. The van der Waals surface area contributed by atoms with Gasteiger partial charge in [0.15, 0.2) is 0 Å². The van der Waals surface area contributed by atoms with Crippen molar-refractivity contribution in [3.63, 3.8) is 0 Å². The van der Waals surface area contributed by atoms with Gasteiger partial charge in [-0.2, -0.15) is 0 Å². The van der Waals surface area contributed by atoms with Gasteiger partial charge in [0, 0.05) is 6.07 Å². The zero-order valence-electron chi connectivity index (χ0n) is 7.87. The molecule has 0 saturated heterocycles. The van der Waals surface area contributed by atoms with Crippen LogP contribution in [0.5, 0.6) is 0 Å². The molecule has 2 rings (SSSR count). The molecule has 0 saturated carbocycles. The number of nitrogens with one attached hydrogen (secondary N) is 1. The fourth-order valence-electron chi connectivity index (χ4n) is 1.15. The van der Waals surface area contributed by atoms with Crippen molar-refractivity contribution in [3.05, 3.63) is 54.8 Å². The summed E-state index contributed by atoms with van der Waals surface area (Å²) in [7, 11) is 0. The van der Waals surface area contributed by atoms with Crippen LogP contribution in [0.25, 0.3) is 0 Å². The van der Waals surface area contributed by atoms with Crippen molar-refractivity contribution in [1.29, 1.82) is 0 Å². The molecule has 5 heteroatoms. The normalized spacial score (nSPS) is 10.5. The van der Waals surface area contributed by atoms with Crippen LogP contribution in [0, 0.1) is 6.92 Å². The lowest BCUT2D eigenvalue weighted by Crippen LogP contribution is -2.32. The zero-order chi connectivity index (χ0) is 11.0. The first-order valence-corrected chi connectivity index (χ1v) is 4.26. The number of hydrogen-bond donors (Lipinski definition) is 1. The van der Waals surface area contributed by atoms with E-state index in [1.54, 1.807) is 13.0 Å². The lowest BCUT2D eigenvalue weighted by atomic mass is 10.2. The predicted octanol–water partition coefficient (Wildman–Crippen LogP) is 0.288. The molecule has 1 aromatic heterocycles. The summed E-state index contributed by atoms with van der Waals surface area (Å²) >= 11 is 0. The largest absolute Gasteiger partial charge is 0.427 e. The Balaban J connectivity index is 2.35. The molecule has 0 spiro atoms. The SMILES string of the molecule is Cc1ccc(Nc2cc(=O)c2=O)c(=O)o1. The zero-order valence-corrected chi connectivity index (χ0v) is 7.87. The molecule has 0 atom stereocenters. The molecule has 15 heavy (non-hydrogen) atoms. The van der Waals surface area contributed by atoms with Gasteiger partial charge in [-0.1, -0.05) is 0 Å². The molecule has 0 bridgehead atoms. The summed E-state index contributed by atoms with van der Waals surface area (Å²) in [5.41, 5.74) is -1.48. The summed E-state index contributed by atoms with van der Waals surface area (Å²) in [5.74, 6) is 0.482. The van der Waals surface area contributed by atoms with Gasteiger partial charge in [0.1, 0.15) is 11.4 Å². The number of aryl methyl sites for hydroxylation is 1. The summed E-state index contributed by atoms with van der Waals surface area (Å²) < 4.78 is 4.80. The van der Waals surface area contributed by atoms with E-state index in [0.29, 0.717) is 5.76 Å². The summed E-state index contributed by atoms with van der Waals surface area (Å²) in [6.45, 7) is 1.64. The fourth-order valence-corrected chi connectivity index (χ4v) is 1.15. The van der Waals surface area contributed by atoms with Crippen molar-refractivity contribution in [1.82, 2.24) is 0 Å². The van der Waals surface area contributed by atoms with Gasteiger partial charge in [-0.3, -0.25) is 9.59 Å². The molecule has 0 aliphatic carbocycles. The molecule has 0 unspecified atom stereocenters. The monoisotopic (exact) mass is 205 g/mol. The van der Waals surface area contributed by atoms with E-state index in [-0.39, 0.29) is 11.4 Å². The van der Waals surface area contributed by atoms with Crippen molar-refractivity contribution >= 4 is 11.4 Å². The highest BCUT2D eigenvalue weighted by atomic mass is 16.4. The average Bonchev–Trinajstić information content (AvgIpc) is 2.20. The average molecular weight is 205 g/mol. The summed E-state index contributed by atoms with van der Waals surface area (Å²) in [6.07, 6.45) is 0. The maximum atomic E-state index is 11.3. The van der Waals surface area contributed by atoms with Crippen LogP contribution in [0.3, 0.4) is 0 Å². The van der Waals surface area contributed by atoms with Gasteiger partial charge < -0.3 is 9.73 Å². The van der Waals surface area contributed by atoms with Gasteiger partial charge in [0.2, 0.25) is 10.9 Å². The van der Waals surface area contributed by atoms with Crippen molar-refractivity contribution in [2.75, 3.05) is 5.32 Å². The van der Waals surface area contributed by atoms with E-state index in [1.807, 2.05) is 0 Å². The Kier molecular flexibility index (Phi) is 2.00. The Hall–Kier alpha value is -2.17. The van der Waals surface area contributed by atoms with E-state index in [9.17, 15) is 14.4 Å². The first kappa shape index (κ1) is 9.39. The van der Waals surface area contributed by atoms with E-state index in [0.717, 1.165) is 6.07 Å². The maximum absolute atomic E-state index is 11.3. The number of anilines is 2. The highest BCUT2D eigenvalue weighted by Crippen LogP contribution is 2.08. The molecule has 0 aliphatic rings. The predicted molar refractivity (Wildman–Crippen MR) is 54.4 cm³/mol. The van der Waals surface area contributed by atoms with Crippen molar-refractivity contribution in [3.8, 4) is 0 Å². The lowest BCUT2D eigenvalue weighted by Gasteiger charge is -2.04. The topological polar surface area (TPSA) is 76.4 Å². The van der Waals surface area contributed by atoms with Crippen LogP contribution in [0.1, 0.15) is 5.76 Å². The Bertz CT molecular complexity index is 631. The molecule has 1 N–H and O–H groups in total. The third kappa shape index (κ3) is 1.59. The van der Waals surface area contributed by atoms with Crippen LogP contribution in [-0.4, -0.2) is 0 Å². The van der Waals surface area contributed by atoms with E-state index < -0.39 is 16.5 Å². The standard InChI is InChI=1S/C10H7NO4/c1-5-2-3-6(10(14)15-5)11-7-4-8(12)9(7)13/h2-4,11H,1H3. The van der Waals surface area contributed by atoms with Crippen LogP contribution in [-0.2, 0) is 0 Å². The molecule has 0 fully saturated rings. The van der Waals surface area contributed by atoms with Gasteiger partial charge in [-0.15, -0.1) is 0 Å². The first-order valence-electron chi connectivity index (χ1n) is 4.26. The minimum Gasteiger partial charge on any atom is -0.427 e. The third-order valence-corrected chi connectivity index (χ3v) is 1.97. The Labute approximate surface area is 83.7 Å². The summed E-state index contributed by atoms with van der Waals surface area (Å²) in [6, 6.07) is 4.23. The molecule has 0 aliphatic heterocycles. The van der Waals surface area contributed by atoms with Gasteiger partial charge >= 0.3 is 5.63 Å². The first-order chi connectivity index (χ1) is 7.08. The van der Waals surface area contributed by atoms with Crippen molar-refractivity contribution in [2.24, 2.45) is 0 Å². The third-order valence-electron chi connectivity index (χ3n) is 1.97. The molecule has 1 aromatic carbocycles. The van der Waals surface area contributed by atoms with E-state index in [2.05, 4.69) is 5.32 Å². The van der Waals surface area contributed by atoms with E-state index in [1.165, 1.54) is 6.07 Å². The Morgan fingerprint density at radius 3 is 2.40 bits per heavy atom.